The monoisotopic (exact) mass is 548 g/mol. The van der Waals surface area contributed by atoms with Gasteiger partial charge < -0.3 is 9.47 Å². The van der Waals surface area contributed by atoms with Crippen LogP contribution in [0.15, 0.2) is 71.8 Å². The van der Waals surface area contributed by atoms with Crippen LogP contribution in [0.1, 0.15) is 33.2 Å². The van der Waals surface area contributed by atoms with E-state index >= 15 is 0 Å². The highest BCUT2D eigenvalue weighted by atomic mass is 127. The number of ether oxygens (including phenoxy) is 2. The van der Waals surface area contributed by atoms with E-state index in [0.717, 1.165) is 3.57 Å². The summed E-state index contributed by atoms with van der Waals surface area (Å²) in [5, 5.41) is 4.53. The van der Waals surface area contributed by atoms with Gasteiger partial charge in [-0.1, -0.05) is 23.7 Å². The van der Waals surface area contributed by atoms with Crippen molar-refractivity contribution in [3.05, 3.63) is 92.0 Å². The quantitative estimate of drug-likeness (QED) is 0.142. The van der Waals surface area contributed by atoms with Crippen molar-refractivity contribution in [1.29, 1.82) is 0 Å². The molecule has 6 nitrogen and oxygen atoms in total. The second-order valence-electron chi connectivity index (χ2n) is 6.21. The lowest BCUT2D eigenvalue weighted by Crippen LogP contribution is -2.18. The molecule has 158 valence electrons. The van der Waals surface area contributed by atoms with Gasteiger partial charge in [0, 0.05) is 8.59 Å². The molecule has 0 atom stereocenters. The van der Waals surface area contributed by atoms with E-state index in [4.69, 9.17) is 21.1 Å². The summed E-state index contributed by atoms with van der Waals surface area (Å²) in [5.41, 5.74) is 4.08. The number of nitrogens with zero attached hydrogens (tertiary/aromatic N) is 1. The van der Waals surface area contributed by atoms with Crippen LogP contribution < -0.4 is 14.9 Å². The first kappa shape index (κ1) is 22.8. The first-order chi connectivity index (χ1) is 15.0. The molecule has 0 saturated heterocycles. The maximum Gasteiger partial charge on any atom is 0.343 e. The van der Waals surface area contributed by atoms with Gasteiger partial charge in [-0.05, 0) is 89.7 Å². The smallest absolute Gasteiger partial charge is 0.343 e. The van der Waals surface area contributed by atoms with Crippen LogP contribution in [-0.4, -0.2) is 24.7 Å². The van der Waals surface area contributed by atoms with Crippen molar-refractivity contribution in [2.24, 2.45) is 5.10 Å². The van der Waals surface area contributed by atoms with Gasteiger partial charge in [-0.3, -0.25) is 4.79 Å². The zero-order valence-corrected chi connectivity index (χ0v) is 19.4. The summed E-state index contributed by atoms with van der Waals surface area (Å²) in [6, 6.07) is 18.6. The fraction of sp³-hybridized carbons (Fsp3) is 0.0870. The number of halogens is 2. The van der Waals surface area contributed by atoms with E-state index in [1.165, 1.54) is 6.21 Å². The molecule has 0 heterocycles. The number of esters is 1. The van der Waals surface area contributed by atoms with E-state index in [9.17, 15) is 9.59 Å². The SMILES string of the molecule is CCOc1cc(/C=N/NC(=O)c2ccccc2I)ccc1OC(=O)c1ccc(Cl)cc1. The molecule has 31 heavy (non-hydrogen) atoms. The standard InChI is InChI=1S/C23H18ClIN2O4/c1-2-30-21-13-15(14-26-27-22(28)18-5-3-4-6-19(18)25)7-12-20(21)31-23(29)16-8-10-17(24)11-9-16/h3-14H,2H2,1H3,(H,27,28)/b26-14+. The predicted octanol–water partition coefficient (Wildman–Crippen LogP) is 5.33. The molecule has 0 saturated carbocycles. The highest BCUT2D eigenvalue weighted by Crippen LogP contribution is 2.29. The van der Waals surface area contributed by atoms with Crippen molar-refractivity contribution in [2.75, 3.05) is 6.61 Å². The first-order valence-corrected chi connectivity index (χ1v) is 10.8. The Bertz CT molecular complexity index is 1120. The fourth-order valence-corrected chi connectivity index (χ4v) is 3.33. The topological polar surface area (TPSA) is 77.0 Å². The van der Waals surface area contributed by atoms with Gasteiger partial charge >= 0.3 is 5.97 Å². The Morgan fingerprint density at radius 2 is 1.81 bits per heavy atom. The minimum atomic E-state index is -0.524. The largest absolute Gasteiger partial charge is 0.490 e. The third kappa shape index (κ3) is 6.28. The molecule has 3 rings (SSSR count). The third-order valence-corrected chi connectivity index (χ3v) is 5.24. The van der Waals surface area contributed by atoms with Crippen molar-refractivity contribution >= 4 is 52.3 Å². The summed E-state index contributed by atoms with van der Waals surface area (Å²) in [7, 11) is 0. The van der Waals surface area contributed by atoms with Crippen LogP contribution in [0.3, 0.4) is 0 Å². The van der Waals surface area contributed by atoms with E-state index < -0.39 is 5.97 Å². The Morgan fingerprint density at radius 3 is 2.52 bits per heavy atom. The minimum absolute atomic E-state index is 0.279. The van der Waals surface area contributed by atoms with Crippen molar-refractivity contribution in [3.63, 3.8) is 0 Å². The van der Waals surface area contributed by atoms with Crippen LogP contribution in [0.2, 0.25) is 5.02 Å². The molecule has 0 unspecified atom stereocenters. The second kappa shape index (κ2) is 10.9. The number of rotatable bonds is 7. The van der Waals surface area contributed by atoms with Crippen molar-refractivity contribution in [2.45, 2.75) is 6.92 Å². The zero-order chi connectivity index (χ0) is 22.2. The first-order valence-electron chi connectivity index (χ1n) is 9.30. The Morgan fingerprint density at radius 1 is 1.06 bits per heavy atom. The lowest BCUT2D eigenvalue weighted by atomic mass is 10.2. The Labute approximate surface area is 198 Å². The van der Waals surface area contributed by atoms with Crippen LogP contribution in [0.5, 0.6) is 11.5 Å². The molecule has 3 aromatic carbocycles. The normalized spacial score (nSPS) is 10.7. The van der Waals surface area contributed by atoms with Crippen LogP contribution in [0.4, 0.5) is 0 Å². The summed E-state index contributed by atoms with van der Waals surface area (Å²) >= 11 is 7.95. The third-order valence-electron chi connectivity index (χ3n) is 4.05. The summed E-state index contributed by atoms with van der Waals surface area (Å²) in [4.78, 5) is 24.6. The molecule has 0 aromatic heterocycles. The lowest BCUT2D eigenvalue weighted by molar-refractivity contribution is 0.0728. The van der Waals surface area contributed by atoms with Crippen LogP contribution in [0.25, 0.3) is 0 Å². The van der Waals surface area contributed by atoms with Gasteiger partial charge in [-0.2, -0.15) is 5.10 Å². The number of hydrogen-bond acceptors (Lipinski definition) is 5. The summed E-state index contributed by atoms with van der Waals surface area (Å²) in [6.45, 7) is 2.21. The number of carbonyl (C=O) groups is 2. The molecule has 0 fully saturated rings. The van der Waals surface area contributed by atoms with E-state index in [1.54, 1.807) is 54.6 Å². The van der Waals surface area contributed by atoms with Gasteiger partial charge in [0.15, 0.2) is 11.5 Å². The fourth-order valence-electron chi connectivity index (χ4n) is 2.57. The second-order valence-corrected chi connectivity index (χ2v) is 7.81. The molecule has 0 aliphatic rings. The van der Waals surface area contributed by atoms with Crippen LogP contribution >= 0.6 is 34.2 Å². The molecule has 0 spiro atoms. The van der Waals surface area contributed by atoms with Crippen molar-refractivity contribution < 1.29 is 19.1 Å². The van der Waals surface area contributed by atoms with E-state index in [1.807, 2.05) is 19.1 Å². The van der Waals surface area contributed by atoms with Crippen molar-refractivity contribution in [1.82, 2.24) is 5.43 Å². The van der Waals surface area contributed by atoms with Gasteiger partial charge in [0.25, 0.3) is 5.91 Å². The predicted molar refractivity (Wildman–Crippen MR) is 128 cm³/mol. The highest BCUT2D eigenvalue weighted by molar-refractivity contribution is 14.1. The number of hydrazone groups is 1. The van der Waals surface area contributed by atoms with Gasteiger partial charge in [0.05, 0.1) is 23.9 Å². The van der Waals surface area contributed by atoms with Crippen molar-refractivity contribution in [3.8, 4) is 11.5 Å². The average Bonchev–Trinajstić information content (AvgIpc) is 2.76. The molecule has 3 aromatic rings. The minimum Gasteiger partial charge on any atom is -0.490 e. The molecule has 1 N–H and O–H groups in total. The molecule has 0 bridgehead atoms. The zero-order valence-electron chi connectivity index (χ0n) is 16.5. The van der Waals surface area contributed by atoms with Crippen LogP contribution in [-0.2, 0) is 0 Å². The lowest BCUT2D eigenvalue weighted by Gasteiger charge is -2.11. The summed E-state index contributed by atoms with van der Waals surface area (Å²) in [6.07, 6.45) is 1.49. The molecule has 1 amide bonds. The number of carbonyl (C=O) groups excluding carboxylic acids is 2. The number of nitrogens with one attached hydrogen (secondary N) is 1. The highest BCUT2D eigenvalue weighted by Gasteiger charge is 2.13. The average molecular weight is 549 g/mol. The van der Waals surface area contributed by atoms with Gasteiger partial charge in [0.1, 0.15) is 0 Å². The van der Waals surface area contributed by atoms with E-state index in [-0.39, 0.29) is 11.7 Å². The molecule has 8 heteroatoms. The van der Waals surface area contributed by atoms with E-state index in [2.05, 4.69) is 33.1 Å². The molecular weight excluding hydrogens is 531 g/mol. The maximum absolute atomic E-state index is 12.4. The number of amides is 1. The van der Waals surface area contributed by atoms with Gasteiger partial charge in [-0.15, -0.1) is 0 Å². The number of hydrogen-bond donors (Lipinski definition) is 1. The maximum atomic E-state index is 12.4. The number of benzene rings is 3. The van der Waals surface area contributed by atoms with Gasteiger partial charge in [0.2, 0.25) is 0 Å². The van der Waals surface area contributed by atoms with Gasteiger partial charge in [-0.25, -0.2) is 10.2 Å². The Hall–Kier alpha value is -2.91. The Balaban J connectivity index is 1.71. The summed E-state index contributed by atoms with van der Waals surface area (Å²) < 4.78 is 11.9. The molecule has 0 aliphatic heterocycles. The van der Waals surface area contributed by atoms with E-state index in [0.29, 0.717) is 34.1 Å². The Kier molecular flexibility index (Phi) is 8.02. The molecular formula is C23H18ClIN2O4. The molecule has 0 radical (unpaired) electrons. The van der Waals surface area contributed by atoms with Crippen LogP contribution in [0, 0.1) is 3.57 Å². The molecule has 0 aliphatic carbocycles. The summed E-state index contributed by atoms with van der Waals surface area (Å²) in [5.74, 6) is -0.164.